The number of aromatic amines is 1. The average molecular weight is 220 g/mol. The molecule has 84 valence electrons. The molecule has 6 heteroatoms. The van der Waals surface area contributed by atoms with Gasteiger partial charge in [0, 0.05) is 11.6 Å². The molecule has 2 aromatic heterocycles. The third-order valence-corrected chi connectivity index (χ3v) is 2.19. The Morgan fingerprint density at radius 1 is 1.62 bits per heavy atom. The van der Waals surface area contributed by atoms with Gasteiger partial charge in [-0.1, -0.05) is 12.1 Å². The summed E-state index contributed by atoms with van der Waals surface area (Å²) in [6.45, 7) is 3.74. The summed E-state index contributed by atoms with van der Waals surface area (Å²) < 4.78 is 4.85. The highest BCUT2D eigenvalue weighted by molar-refractivity contribution is 6.01. The summed E-state index contributed by atoms with van der Waals surface area (Å²) in [4.78, 5) is 11.7. The molecule has 0 saturated carbocycles. The second kappa shape index (κ2) is 4.18. The number of hydrogen-bond donors (Lipinski definition) is 2. The molecular weight excluding hydrogens is 208 g/mol. The number of nitrogens with zero attached hydrogens (tertiary/aromatic N) is 2. The molecule has 2 rings (SSSR count). The van der Waals surface area contributed by atoms with E-state index in [4.69, 9.17) is 4.52 Å². The molecule has 0 atom stereocenters. The van der Waals surface area contributed by atoms with E-state index in [9.17, 15) is 4.79 Å². The molecule has 0 spiro atoms. The predicted molar refractivity (Wildman–Crippen MR) is 57.2 cm³/mol. The molecule has 0 aliphatic rings. The van der Waals surface area contributed by atoms with Gasteiger partial charge in [0.05, 0.1) is 11.9 Å². The molecule has 2 N–H and O–H groups in total. The van der Waals surface area contributed by atoms with Crippen LogP contribution in [0.25, 0.3) is 0 Å². The third kappa shape index (κ3) is 1.95. The summed E-state index contributed by atoms with van der Waals surface area (Å²) in [5.41, 5.74) is 1.62. The fourth-order valence-electron chi connectivity index (χ4n) is 1.33. The Morgan fingerprint density at radius 2 is 2.44 bits per heavy atom. The lowest BCUT2D eigenvalue weighted by atomic mass is 10.2. The molecular formula is C10H12N4O2. The summed E-state index contributed by atoms with van der Waals surface area (Å²) in [5, 5.41) is 12.9. The van der Waals surface area contributed by atoms with Crippen LogP contribution in [0.15, 0.2) is 16.8 Å². The van der Waals surface area contributed by atoms with E-state index in [1.807, 2.05) is 6.92 Å². The zero-order valence-electron chi connectivity index (χ0n) is 9.07. The van der Waals surface area contributed by atoms with Gasteiger partial charge in [-0.25, -0.2) is 0 Å². The number of carbonyl (C=O) groups excluding carboxylic acids is 1. The van der Waals surface area contributed by atoms with E-state index in [1.54, 1.807) is 19.2 Å². The number of rotatable bonds is 3. The van der Waals surface area contributed by atoms with Crippen LogP contribution in [0, 0.1) is 6.92 Å². The Balaban J connectivity index is 2.13. The molecule has 0 bridgehead atoms. The van der Waals surface area contributed by atoms with E-state index >= 15 is 0 Å². The van der Waals surface area contributed by atoms with Gasteiger partial charge in [-0.3, -0.25) is 9.89 Å². The molecule has 2 aromatic rings. The van der Waals surface area contributed by atoms with Gasteiger partial charge in [-0.15, -0.1) is 0 Å². The summed E-state index contributed by atoms with van der Waals surface area (Å²) in [6.07, 6.45) is 2.47. The van der Waals surface area contributed by atoms with E-state index in [0.717, 1.165) is 12.0 Å². The lowest BCUT2D eigenvalue weighted by Gasteiger charge is -2.00. The quantitative estimate of drug-likeness (QED) is 0.821. The molecule has 1 amide bonds. The number of carbonyl (C=O) groups is 1. The Bertz CT molecular complexity index is 500. The lowest BCUT2D eigenvalue weighted by Crippen LogP contribution is -2.12. The summed E-state index contributed by atoms with van der Waals surface area (Å²) in [7, 11) is 0. The number of H-pyrrole nitrogens is 1. The van der Waals surface area contributed by atoms with Crippen molar-refractivity contribution in [2.45, 2.75) is 20.3 Å². The first-order chi connectivity index (χ1) is 7.70. The first-order valence-electron chi connectivity index (χ1n) is 4.97. The zero-order chi connectivity index (χ0) is 11.5. The fraction of sp³-hybridized carbons (Fsp3) is 0.300. The Hall–Kier alpha value is -2.11. The summed E-state index contributed by atoms with van der Waals surface area (Å²) in [5.74, 6) is 0.454. The molecule has 6 nitrogen and oxygen atoms in total. The molecule has 0 unspecified atom stereocenters. The van der Waals surface area contributed by atoms with Gasteiger partial charge in [-0.2, -0.15) is 5.10 Å². The second-order valence-electron chi connectivity index (χ2n) is 3.41. The number of nitrogens with one attached hydrogen (secondary N) is 2. The summed E-state index contributed by atoms with van der Waals surface area (Å²) >= 11 is 0. The average Bonchev–Trinajstić information content (AvgIpc) is 2.86. The molecule has 0 radical (unpaired) electrons. The van der Waals surface area contributed by atoms with Crippen LogP contribution in [0.2, 0.25) is 0 Å². The predicted octanol–water partition coefficient (Wildman–Crippen LogP) is 1.52. The Kier molecular flexibility index (Phi) is 2.72. The van der Waals surface area contributed by atoms with Crippen LogP contribution in [0.5, 0.6) is 0 Å². The van der Waals surface area contributed by atoms with Crippen molar-refractivity contribution in [2.75, 3.05) is 5.32 Å². The van der Waals surface area contributed by atoms with Crippen molar-refractivity contribution >= 4 is 11.7 Å². The van der Waals surface area contributed by atoms with Crippen LogP contribution in [0.4, 0.5) is 5.82 Å². The standard InChI is InChI=1S/C10H12N4O2/c1-3-7-5-11-13-9(7)12-10(15)8-4-6(2)14-16-8/h4-5H,3H2,1-2H3,(H2,11,12,13,15). The number of amides is 1. The van der Waals surface area contributed by atoms with E-state index in [0.29, 0.717) is 11.5 Å². The SMILES string of the molecule is CCc1cn[nH]c1NC(=O)c1cc(C)no1. The molecule has 0 aliphatic carbocycles. The lowest BCUT2D eigenvalue weighted by molar-refractivity contribution is 0.0987. The van der Waals surface area contributed by atoms with Crippen molar-refractivity contribution in [3.05, 3.63) is 29.3 Å². The minimum absolute atomic E-state index is 0.189. The van der Waals surface area contributed by atoms with Gasteiger partial charge in [0.15, 0.2) is 0 Å². The van der Waals surface area contributed by atoms with Crippen LogP contribution in [0.3, 0.4) is 0 Å². The number of aryl methyl sites for hydroxylation is 2. The van der Waals surface area contributed by atoms with Crippen molar-refractivity contribution in [1.82, 2.24) is 15.4 Å². The highest BCUT2D eigenvalue weighted by Gasteiger charge is 2.14. The maximum atomic E-state index is 11.7. The molecule has 0 saturated heterocycles. The zero-order valence-corrected chi connectivity index (χ0v) is 9.07. The van der Waals surface area contributed by atoms with Crippen molar-refractivity contribution in [3.63, 3.8) is 0 Å². The highest BCUT2D eigenvalue weighted by Crippen LogP contribution is 2.13. The van der Waals surface area contributed by atoms with Crippen molar-refractivity contribution in [1.29, 1.82) is 0 Å². The van der Waals surface area contributed by atoms with E-state index < -0.39 is 0 Å². The van der Waals surface area contributed by atoms with Crippen LogP contribution in [0.1, 0.15) is 28.7 Å². The van der Waals surface area contributed by atoms with Gasteiger partial charge < -0.3 is 9.84 Å². The van der Waals surface area contributed by atoms with Crippen molar-refractivity contribution in [3.8, 4) is 0 Å². The van der Waals surface area contributed by atoms with Crippen molar-refractivity contribution < 1.29 is 9.32 Å². The first kappa shape index (κ1) is 10.4. The smallest absolute Gasteiger partial charge is 0.295 e. The Morgan fingerprint density at radius 3 is 3.06 bits per heavy atom. The van der Waals surface area contributed by atoms with Gasteiger partial charge in [0.1, 0.15) is 5.82 Å². The molecule has 0 aliphatic heterocycles. The topological polar surface area (TPSA) is 83.8 Å². The van der Waals surface area contributed by atoms with E-state index in [1.165, 1.54) is 0 Å². The number of aromatic nitrogens is 3. The maximum Gasteiger partial charge on any atom is 0.295 e. The highest BCUT2D eigenvalue weighted by atomic mass is 16.5. The van der Waals surface area contributed by atoms with Gasteiger partial charge in [-0.05, 0) is 13.3 Å². The molecule has 16 heavy (non-hydrogen) atoms. The van der Waals surface area contributed by atoms with Crippen LogP contribution >= 0.6 is 0 Å². The second-order valence-corrected chi connectivity index (χ2v) is 3.41. The molecule has 0 fully saturated rings. The van der Waals surface area contributed by atoms with Crippen LogP contribution in [-0.4, -0.2) is 21.3 Å². The van der Waals surface area contributed by atoms with Gasteiger partial charge in [0.25, 0.3) is 5.91 Å². The normalized spacial score (nSPS) is 10.4. The number of anilines is 1. The monoisotopic (exact) mass is 220 g/mol. The van der Waals surface area contributed by atoms with E-state index in [2.05, 4.69) is 20.7 Å². The molecule has 0 aromatic carbocycles. The van der Waals surface area contributed by atoms with Gasteiger partial charge >= 0.3 is 0 Å². The minimum atomic E-state index is -0.334. The van der Waals surface area contributed by atoms with Crippen LogP contribution < -0.4 is 5.32 Å². The Labute approximate surface area is 92.0 Å². The third-order valence-electron chi connectivity index (χ3n) is 2.19. The van der Waals surface area contributed by atoms with Crippen molar-refractivity contribution in [2.24, 2.45) is 0 Å². The summed E-state index contributed by atoms with van der Waals surface area (Å²) in [6, 6.07) is 1.58. The fourth-order valence-corrected chi connectivity index (χ4v) is 1.33. The van der Waals surface area contributed by atoms with Crippen LogP contribution in [-0.2, 0) is 6.42 Å². The first-order valence-corrected chi connectivity index (χ1v) is 4.97. The largest absolute Gasteiger partial charge is 0.351 e. The molecule has 2 heterocycles. The van der Waals surface area contributed by atoms with E-state index in [-0.39, 0.29) is 11.7 Å². The number of hydrogen-bond acceptors (Lipinski definition) is 4. The van der Waals surface area contributed by atoms with Gasteiger partial charge in [0.2, 0.25) is 5.76 Å². The maximum absolute atomic E-state index is 11.7. The minimum Gasteiger partial charge on any atom is -0.351 e.